The van der Waals surface area contributed by atoms with E-state index in [-0.39, 0.29) is 6.10 Å². The van der Waals surface area contributed by atoms with Gasteiger partial charge in [0, 0.05) is 6.04 Å². The van der Waals surface area contributed by atoms with Gasteiger partial charge >= 0.3 is 0 Å². The van der Waals surface area contributed by atoms with E-state index in [4.69, 9.17) is 0 Å². The quantitative estimate of drug-likeness (QED) is 0.701. The average Bonchev–Trinajstić information content (AvgIpc) is 2.11. The van der Waals surface area contributed by atoms with Crippen LogP contribution in [0, 0.1) is 11.8 Å². The van der Waals surface area contributed by atoms with Crippen molar-refractivity contribution >= 4 is 0 Å². The minimum absolute atomic E-state index is 0.0371. The number of rotatable bonds is 2. The van der Waals surface area contributed by atoms with Crippen LogP contribution in [0.3, 0.4) is 0 Å². The van der Waals surface area contributed by atoms with E-state index in [1.165, 1.54) is 25.9 Å². The van der Waals surface area contributed by atoms with E-state index >= 15 is 0 Å². The van der Waals surface area contributed by atoms with Gasteiger partial charge in [0.25, 0.3) is 0 Å². The fourth-order valence-corrected chi connectivity index (χ4v) is 2.89. The zero-order valence-corrected chi connectivity index (χ0v) is 8.74. The molecule has 3 heterocycles. The van der Waals surface area contributed by atoms with Gasteiger partial charge in [-0.15, -0.1) is 0 Å². The number of nitrogens with zero attached hydrogens (tertiary/aromatic N) is 1. The van der Waals surface area contributed by atoms with Gasteiger partial charge in [0.15, 0.2) is 0 Å². The van der Waals surface area contributed by atoms with Crippen molar-refractivity contribution in [1.82, 2.24) is 4.90 Å². The molecular formula is C11H21NO. The predicted octanol–water partition coefficient (Wildman–Crippen LogP) is 1.49. The Morgan fingerprint density at radius 1 is 1.31 bits per heavy atom. The highest BCUT2D eigenvalue weighted by atomic mass is 16.3. The summed E-state index contributed by atoms with van der Waals surface area (Å²) in [6, 6.07) is 0.465. The summed E-state index contributed by atoms with van der Waals surface area (Å²) in [5.41, 5.74) is 0. The summed E-state index contributed by atoms with van der Waals surface area (Å²) >= 11 is 0. The van der Waals surface area contributed by atoms with E-state index in [1.54, 1.807) is 0 Å². The minimum Gasteiger partial charge on any atom is -0.391 e. The monoisotopic (exact) mass is 183 g/mol. The average molecular weight is 183 g/mol. The summed E-state index contributed by atoms with van der Waals surface area (Å²) in [4.78, 5) is 2.49. The van der Waals surface area contributed by atoms with Crippen LogP contribution in [0.4, 0.5) is 0 Å². The Kier molecular flexibility index (Phi) is 2.61. The highest BCUT2D eigenvalue weighted by molar-refractivity contribution is 4.94. The summed E-state index contributed by atoms with van der Waals surface area (Å²) in [7, 11) is 0. The first-order valence-corrected chi connectivity index (χ1v) is 5.60. The van der Waals surface area contributed by atoms with E-state index < -0.39 is 0 Å². The number of aliphatic hydroxyl groups is 1. The van der Waals surface area contributed by atoms with Crippen LogP contribution < -0.4 is 0 Å². The summed E-state index contributed by atoms with van der Waals surface area (Å²) in [6.07, 6.45) is 3.56. The lowest BCUT2D eigenvalue weighted by molar-refractivity contribution is -0.0782. The standard InChI is InChI=1S/C11H21NO/c1-8(2)7-10-11(13)9-3-5-12(10)6-4-9/h8-11,13H,3-7H2,1-2H3. The first-order valence-electron chi connectivity index (χ1n) is 5.60. The zero-order chi connectivity index (χ0) is 9.42. The maximum atomic E-state index is 10.1. The maximum Gasteiger partial charge on any atom is 0.0724 e. The van der Waals surface area contributed by atoms with Gasteiger partial charge in [-0.3, -0.25) is 4.90 Å². The number of aliphatic hydroxyl groups excluding tert-OH is 1. The molecule has 3 aliphatic rings. The molecule has 1 N–H and O–H groups in total. The summed E-state index contributed by atoms with van der Waals surface area (Å²) in [6.45, 7) is 6.93. The molecule has 0 spiro atoms. The number of fused-ring (bicyclic) bond motifs is 3. The van der Waals surface area contributed by atoms with E-state index in [9.17, 15) is 5.11 Å². The number of hydrogen-bond acceptors (Lipinski definition) is 2. The van der Waals surface area contributed by atoms with Crippen LogP contribution in [-0.4, -0.2) is 35.2 Å². The second kappa shape index (κ2) is 3.58. The molecule has 2 nitrogen and oxygen atoms in total. The third kappa shape index (κ3) is 1.75. The van der Waals surface area contributed by atoms with Crippen molar-refractivity contribution < 1.29 is 5.11 Å². The molecule has 2 heteroatoms. The van der Waals surface area contributed by atoms with Gasteiger partial charge in [-0.1, -0.05) is 13.8 Å². The molecule has 0 amide bonds. The topological polar surface area (TPSA) is 23.5 Å². The lowest BCUT2D eigenvalue weighted by Crippen LogP contribution is -2.58. The molecule has 3 rings (SSSR count). The molecule has 3 saturated heterocycles. The first-order chi connectivity index (χ1) is 6.18. The van der Waals surface area contributed by atoms with Gasteiger partial charge in [-0.05, 0) is 44.2 Å². The molecule has 0 aliphatic carbocycles. The summed E-state index contributed by atoms with van der Waals surface area (Å²) in [5.74, 6) is 1.31. The SMILES string of the molecule is CC(C)CC1C(O)C2CCN1CC2. The van der Waals surface area contributed by atoms with Gasteiger partial charge in [-0.2, -0.15) is 0 Å². The zero-order valence-electron chi connectivity index (χ0n) is 8.74. The lowest BCUT2D eigenvalue weighted by Gasteiger charge is -2.49. The molecule has 2 bridgehead atoms. The third-order valence-corrected chi connectivity index (χ3v) is 3.63. The Bertz CT molecular complexity index is 171. The van der Waals surface area contributed by atoms with E-state index in [1.807, 2.05) is 0 Å². The highest BCUT2D eigenvalue weighted by Crippen LogP contribution is 2.34. The van der Waals surface area contributed by atoms with E-state index in [0.717, 1.165) is 6.42 Å². The molecular weight excluding hydrogens is 162 g/mol. The van der Waals surface area contributed by atoms with Crippen LogP contribution in [0.5, 0.6) is 0 Å². The Hall–Kier alpha value is -0.0800. The van der Waals surface area contributed by atoms with Crippen molar-refractivity contribution in [2.75, 3.05) is 13.1 Å². The molecule has 0 aromatic carbocycles. The van der Waals surface area contributed by atoms with Crippen molar-refractivity contribution in [2.24, 2.45) is 11.8 Å². The maximum absolute atomic E-state index is 10.1. The van der Waals surface area contributed by atoms with Crippen molar-refractivity contribution in [2.45, 2.75) is 45.3 Å². The molecule has 2 atom stereocenters. The summed E-state index contributed by atoms with van der Waals surface area (Å²) < 4.78 is 0. The van der Waals surface area contributed by atoms with Gasteiger partial charge in [0.1, 0.15) is 0 Å². The van der Waals surface area contributed by atoms with Crippen LogP contribution in [0.15, 0.2) is 0 Å². The molecule has 0 radical (unpaired) electrons. The van der Waals surface area contributed by atoms with Gasteiger partial charge in [-0.25, -0.2) is 0 Å². The molecule has 3 aliphatic heterocycles. The smallest absolute Gasteiger partial charge is 0.0724 e. The van der Waals surface area contributed by atoms with E-state index in [0.29, 0.717) is 17.9 Å². The molecule has 3 fully saturated rings. The van der Waals surface area contributed by atoms with Crippen molar-refractivity contribution in [3.05, 3.63) is 0 Å². The van der Waals surface area contributed by atoms with Crippen molar-refractivity contribution in [3.63, 3.8) is 0 Å². The lowest BCUT2D eigenvalue weighted by atomic mass is 9.78. The van der Waals surface area contributed by atoms with Crippen LogP contribution in [-0.2, 0) is 0 Å². The van der Waals surface area contributed by atoms with Gasteiger partial charge in [0.2, 0.25) is 0 Å². The fraction of sp³-hybridized carbons (Fsp3) is 1.00. The Balaban J connectivity index is 2.01. The van der Waals surface area contributed by atoms with Crippen molar-refractivity contribution in [3.8, 4) is 0 Å². The molecule has 0 saturated carbocycles. The normalized spacial score (nSPS) is 44.3. The molecule has 76 valence electrons. The second-order valence-electron chi connectivity index (χ2n) is 5.06. The predicted molar refractivity (Wildman–Crippen MR) is 53.5 cm³/mol. The molecule has 2 unspecified atom stereocenters. The largest absolute Gasteiger partial charge is 0.391 e. The van der Waals surface area contributed by atoms with Crippen LogP contribution in [0.1, 0.15) is 33.1 Å². The first kappa shape index (κ1) is 9.47. The van der Waals surface area contributed by atoms with Crippen LogP contribution >= 0.6 is 0 Å². The third-order valence-electron chi connectivity index (χ3n) is 3.63. The minimum atomic E-state index is -0.0371. The fourth-order valence-electron chi connectivity index (χ4n) is 2.89. The van der Waals surface area contributed by atoms with Gasteiger partial charge < -0.3 is 5.11 Å². The number of piperidine rings is 3. The van der Waals surface area contributed by atoms with Gasteiger partial charge in [0.05, 0.1) is 6.10 Å². The summed E-state index contributed by atoms with van der Waals surface area (Å²) in [5, 5.41) is 10.1. The Morgan fingerprint density at radius 3 is 2.38 bits per heavy atom. The van der Waals surface area contributed by atoms with E-state index in [2.05, 4.69) is 18.7 Å². The van der Waals surface area contributed by atoms with Crippen molar-refractivity contribution in [1.29, 1.82) is 0 Å². The Morgan fingerprint density at radius 2 is 1.92 bits per heavy atom. The second-order valence-corrected chi connectivity index (χ2v) is 5.06. The Labute approximate surface area is 80.9 Å². The van der Waals surface area contributed by atoms with Crippen LogP contribution in [0.2, 0.25) is 0 Å². The molecule has 0 aromatic rings. The number of hydrogen-bond donors (Lipinski definition) is 1. The van der Waals surface area contributed by atoms with Crippen LogP contribution in [0.25, 0.3) is 0 Å². The highest BCUT2D eigenvalue weighted by Gasteiger charge is 2.40. The molecule has 13 heavy (non-hydrogen) atoms. The molecule has 0 aromatic heterocycles.